The van der Waals surface area contributed by atoms with Crippen LogP contribution in [0.3, 0.4) is 0 Å². The van der Waals surface area contributed by atoms with Gasteiger partial charge in [-0.2, -0.15) is 4.40 Å². The molecule has 36 heavy (non-hydrogen) atoms. The molecule has 4 aromatic carbocycles. The highest BCUT2D eigenvalue weighted by Crippen LogP contribution is 2.39. The fourth-order valence-electron chi connectivity index (χ4n) is 5.32. The monoisotopic (exact) mass is 470 g/mol. The molecule has 2 heterocycles. The summed E-state index contributed by atoms with van der Waals surface area (Å²) in [5, 5.41) is 4.62. The fourth-order valence-corrected chi connectivity index (χ4v) is 5.32. The van der Waals surface area contributed by atoms with Gasteiger partial charge in [0, 0.05) is 28.3 Å². The first-order valence-electron chi connectivity index (χ1n) is 12.2. The van der Waals surface area contributed by atoms with Gasteiger partial charge in [-0.15, -0.1) is 0 Å². The van der Waals surface area contributed by atoms with Crippen molar-refractivity contribution in [1.82, 2.24) is 0 Å². The molecule has 0 radical (unpaired) electrons. The van der Waals surface area contributed by atoms with Crippen LogP contribution in [-0.4, -0.2) is 14.2 Å². The molecule has 176 valence electrons. The topological polar surface area (TPSA) is 22.6 Å². The van der Waals surface area contributed by atoms with E-state index in [4.69, 9.17) is 9.47 Å². The molecule has 3 heteroatoms. The Hall–Kier alpha value is -4.37. The summed E-state index contributed by atoms with van der Waals surface area (Å²) in [5.41, 5.74) is 8.69. The van der Waals surface area contributed by atoms with E-state index in [1.807, 2.05) is 6.07 Å². The second-order valence-electron chi connectivity index (χ2n) is 9.28. The van der Waals surface area contributed by atoms with Gasteiger partial charge in [0.1, 0.15) is 0 Å². The average Bonchev–Trinajstić information content (AvgIpc) is 2.92. The van der Waals surface area contributed by atoms with E-state index in [2.05, 4.69) is 110 Å². The zero-order chi connectivity index (χ0) is 24.8. The Morgan fingerprint density at radius 3 is 2.08 bits per heavy atom. The maximum atomic E-state index is 5.73. The number of fused-ring (bicyclic) bond motifs is 4. The lowest BCUT2D eigenvalue weighted by Crippen LogP contribution is -2.21. The summed E-state index contributed by atoms with van der Waals surface area (Å²) in [4.78, 5) is 0. The Labute approximate surface area is 211 Å². The maximum Gasteiger partial charge on any atom is 0.219 e. The van der Waals surface area contributed by atoms with Crippen molar-refractivity contribution in [2.75, 3.05) is 14.2 Å². The first kappa shape index (κ1) is 22.1. The van der Waals surface area contributed by atoms with Gasteiger partial charge < -0.3 is 9.47 Å². The Kier molecular flexibility index (Phi) is 5.34. The molecule has 0 saturated heterocycles. The van der Waals surface area contributed by atoms with E-state index in [0.29, 0.717) is 0 Å². The van der Waals surface area contributed by atoms with Crippen molar-refractivity contribution in [2.45, 2.75) is 13.8 Å². The first-order chi connectivity index (χ1) is 17.6. The summed E-state index contributed by atoms with van der Waals surface area (Å²) in [6, 6.07) is 30.3. The summed E-state index contributed by atoms with van der Waals surface area (Å²) < 4.78 is 13.5. The van der Waals surface area contributed by atoms with Gasteiger partial charge in [0.25, 0.3) is 0 Å². The Morgan fingerprint density at radius 2 is 1.36 bits per heavy atom. The highest BCUT2D eigenvalue weighted by molar-refractivity contribution is 6.05. The van der Waals surface area contributed by atoms with Crippen molar-refractivity contribution < 1.29 is 13.9 Å². The summed E-state index contributed by atoms with van der Waals surface area (Å²) in [6.45, 7) is 4.42. The minimum atomic E-state index is 0.737. The smallest absolute Gasteiger partial charge is 0.219 e. The number of aromatic nitrogens is 1. The van der Waals surface area contributed by atoms with Crippen LogP contribution in [-0.2, 0) is 0 Å². The third-order valence-corrected chi connectivity index (χ3v) is 7.30. The highest BCUT2D eigenvalue weighted by Gasteiger charge is 2.19. The molecule has 0 atom stereocenters. The molecule has 0 bridgehead atoms. The van der Waals surface area contributed by atoms with Gasteiger partial charge in [-0.25, -0.2) is 0 Å². The zero-order valence-electron chi connectivity index (χ0n) is 21.0. The number of pyridine rings is 2. The van der Waals surface area contributed by atoms with Gasteiger partial charge in [-0.3, -0.25) is 0 Å². The molecular weight excluding hydrogens is 442 g/mol. The molecule has 0 saturated carbocycles. The molecule has 0 fully saturated rings. The van der Waals surface area contributed by atoms with Crippen LogP contribution in [0.2, 0.25) is 0 Å². The van der Waals surface area contributed by atoms with Crippen LogP contribution < -0.4 is 13.9 Å². The van der Waals surface area contributed by atoms with Gasteiger partial charge in [0.05, 0.1) is 19.6 Å². The maximum absolute atomic E-state index is 5.73. The van der Waals surface area contributed by atoms with Crippen LogP contribution in [0.25, 0.3) is 49.3 Å². The number of nitrogens with zero attached hydrogens (tertiary/aromatic N) is 1. The van der Waals surface area contributed by atoms with E-state index < -0.39 is 0 Å². The lowest BCUT2D eigenvalue weighted by molar-refractivity contribution is -0.509. The number of ether oxygens (including phenoxy) is 2. The van der Waals surface area contributed by atoms with Crippen molar-refractivity contribution in [2.24, 2.45) is 0 Å². The molecule has 6 rings (SSSR count). The molecule has 0 amide bonds. The van der Waals surface area contributed by atoms with Crippen LogP contribution in [0, 0.1) is 13.8 Å². The Bertz CT molecular complexity index is 1750. The third kappa shape index (κ3) is 3.47. The highest BCUT2D eigenvalue weighted by atomic mass is 16.5. The van der Waals surface area contributed by atoms with E-state index in [0.717, 1.165) is 27.8 Å². The fraction of sp³-hybridized carbons (Fsp3) is 0.121. The van der Waals surface area contributed by atoms with Gasteiger partial charge in [0.15, 0.2) is 23.9 Å². The predicted molar refractivity (Wildman–Crippen MR) is 148 cm³/mol. The summed E-state index contributed by atoms with van der Waals surface area (Å²) in [6.07, 6.45) is 4.33. The summed E-state index contributed by atoms with van der Waals surface area (Å²) in [7, 11) is 3.37. The second-order valence-corrected chi connectivity index (χ2v) is 9.28. The quantitative estimate of drug-likeness (QED) is 0.150. The van der Waals surface area contributed by atoms with Gasteiger partial charge in [-0.05, 0) is 65.4 Å². The first-order valence-corrected chi connectivity index (χ1v) is 12.2. The average molecular weight is 471 g/mol. The zero-order valence-corrected chi connectivity index (χ0v) is 21.0. The van der Waals surface area contributed by atoms with E-state index in [9.17, 15) is 0 Å². The molecule has 6 aromatic rings. The molecule has 0 aliphatic rings. The van der Waals surface area contributed by atoms with Crippen LogP contribution >= 0.6 is 0 Å². The van der Waals surface area contributed by atoms with E-state index in [1.54, 1.807) is 14.2 Å². The third-order valence-electron chi connectivity index (χ3n) is 7.30. The van der Waals surface area contributed by atoms with Crippen molar-refractivity contribution in [1.29, 1.82) is 0 Å². The van der Waals surface area contributed by atoms with Crippen molar-refractivity contribution in [3.8, 4) is 33.8 Å². The molecule has 0 spiro atoms. The van der Waals surface area contributed by atoms with Crippen LogP contribution in [0.15, 0.2) is 97.3 Å². The number of methoxy groups -OCH3 is 2. The minimum absolute atomic E-state index is 0.737. The van der Waals surface area contributed by atoms with Crippen LogP contribution in [0.5, 0.6) is 11.5 Å². The molecular formula is C33H28NO2+. The predicted octanol–water partition coefficient (Wildman–Crippen LogP) is 7.70. The van der Waals surface area contributed by atoms with Crippen molar-refractivity contribution in [3.63, 3.8) is 0 Å². The normalized spacial score (nSPS) is 11.3. The second kappa shape index (κ2) is 8.69. The van der Waals surface area contributed by atoms with Crippen LogP contribution in [0.1, 0.15) is 11.1 Å². The SMILES string of the molecule is COc1ccc2c(cc[n+]3cc4cc(C)c(C)c(-c5ccc(-c6ccccc6)cc5)c4cc23)c1OC. The van der Waals surface area contributed by atoms with E-state index >= 15 is 0 Å². The molecule has 0 aliphatic carbocycles. The lowest BCUT2D eigenvalue weighted by Gasteiger charge is -2.15. The number of hydrogen-bond acceptors (Lipinski definition) is 2. The molecule has 0 N–H and O–H groups in total. The number of aryl methyl sites for hydroxylation is 1. The number of benzene rings is 4. The molecule has 0 aliphatic heterocycles. The largest absolute Gasteiger partial charge is 0.493 e. The molecule has 3 nitrogen and oxygen atoms in total. The Morgan fingerprint density at radius 1 is 0.639 bits per heavy atom. The molecule has 2 aromatic heterocycles. The van der Waals surface area contributed by atoms with Crippen molar-refractivity contribution in [3.05, 3.63) is 108 Å². The van der Waals surface area contributed by atoms with E-state index in [1.165, 1.54) is 44.2 Å². The summed E-state index contributed by atoms with van der Waals surface area (Å²) >= 11 is 0. The number of hydrogen-bond donors (Lipinski definition) is 0. The standard InChI is InChI=1S/C33H28NO2/c1-21-18-26-20-34-17-16-28-27(14-15-31(35-3)33(28)36-4)30(34)19-29(26)32(22(21)2)25-12-10-24(11-13-25)23-8-6-5-7-9-23/h5-20H,1-4H3/q+1. The van der Waals surface area contributed by atoms with Gasteiger partial charge in [0.2, 0.25) is 5.52 Å². The van der Waals surface area contributed by atoms with Crippen LogP contribution in [0.4, 0.5) is 0 Å². The minimum Gasteiger partial charge on any atom is -0.493 e. The van der Waals surface area contributed by atoms with E-state index in [-0.39, 0.29) is 0 Å². The van der Waals surface area contributed by atoms with Gasteiger partial charge >= 0.3 is 0 Å². The number of rotatable bonds is 4. The van der Waals surface area contributed by atoms with Gasteiger partial charge in [-0.1, -0.05) is 54.6 Å². The lowest BCUT2D eigenvalue weighted by atomic mass is 9.90. The molecule has 0 unspecified atom stereocenters. The Balaban J connectivity index is 1.61. The summed E-state index contributed by atoms with van der Waals surface area (Å²) in [5.74, 6) is 1.50. The van der Waals surface area contributed by atoms with Crippen molar-refractivity contribution >= 4 is 27.1 Å².